The first-order valence-electron chi connectivity index (χ1n) is 5.95. The van der Waals surface area contributed by atoms with Gasteiger partial charge in [-0.25, -0.2) is 8.42 Å². The minimum absolute atomic E-state index is 0.279. The lowest BCUT2D eigenvalue weighted by Crippen LogP contribution is -2.31. The molecule has 3 nitrogen and oxygen atoms in total. The van der Waals surface area contributed by atoms with Gasteiger partial charge in [0.25, 0.3) is 0 Å². The van der Waals surface area contributed by atoms with Crippen molar-refractivity contribution in [3.8, 4) is 0 Å². The van der Waals surface area contributed by atoms with E-state index in [-0.39, 0.29) is 5.75 Å². The maximum atomic E-state index is 11.5. The molecule has 0 fully saturated rings. The lowest BCUT2D eigenvalue weighted by atomic mass is 10.2. The van der Waals surface area contributed by atoms with Crippen molar-refractivity contribution in [3.63, 3.8) is 0 Å². The number of unbranched alkanes of at least 4 members (excludes halogenated alkanes) is 1. The molecule has 0 saturated heterocycles. The molecule has 0 spiro atoms. The molecule has 0 aromatic rings. The summed E-state index contributed by atoms with van der Waals surface area (Å²) in [6.07, 6.45) is 3.97. The number of hydrogen-bond donors (Lipinski definition) is 1. The average Bonchev–Trinajstić information content (AvgIpc) is 2.15. The highest BCUT2D eigenvalue weighted by molar-refractivity contribution is 7.91. The van der Waals surface area contributed by atoms with Crippen LogP contribution in [0.5, 0.6) is 0 Å². The van der Waals surface area contributed by atoms with Crippen LogP contribution in [-0.4, -0.2) is 32.5 Å². The zero-order valence-corrected chi connectivity index (χ0v) is 11.1. The second kappa shape index (κ2) is 8.11. The average molecular weight is 235 g/mol. The van der Waals surface area contributed by atoms with E-state index in [0.29, 0.717) is 18.3 Å². The quantitative estimate of drug-likeness (QED) is 0.664. The van der Waals surface area contributed by atoms with Gasteiger partial charge in [-0.05, 0) is 19.8 Å². The van der Waals surface area contributed by atoms with Crippen LogP contribution < -0.4 is 5.32 Å². The van der Waals surface area contributed by atoms with Crippen LogP contribution >= 0.6 is 0 Å². The van der Waals surface area contributed by atoms with Crippen molar-refractivity contribution < 1.29 is 8.42 Å². The summed E-state index contributed by atoms with van der Waals surface area (Å²) in [6.45, 7) is 6.84. The summed E-state index contributed by atoms with van der Waals surface area (Å²) in [5.41, 5.74) is 0. The molecule has 15 heavy (non-hydrogen) atoms. The van der Waals surface area contributed by atoms with Crippen LogP contribution in [0.2, 0.25) is 0 Å². The molecule has 1 unspecified atom stereocenters. The van der Waals surface area contributed by atoms with E-state index < -0.39 is 9.84 Å². The maximum absolute atomic E-state index is 11.5. The lowest BCUT2D eigenvalue weighted by molar-refractivity contribution is 0.520. The summed E-state index contributed by atoms with van der Waals surface area (Å²) in [6, 6.07) is 0.427. The largest absolute Gasteiger partial charge is 0.313 e. The second-order valence-corrected chi connectivity index (χ2v) is 6.45. The van der Waals surface area contributed by atoms with Gasteiger partial charge in [-0.15, -0.1) is 0 Å². The third-order valence-corrected chi connectivity index (χ3v) is 4.17. The van der Waals surface area contributed by atoms with E-state index in [4.69, 9.17) is 0 Å². The van der Waals surface area contributed by atoms with Crippen molar-refractivity contribution in [3.05, 3.63) is 0 Å². The molecule has 0 aromatic carbocycles. The first-order chi connectivity index (χ1) is 7.02. The molecule has 0 saturated carbocycles. The fraction of sp³-hybridized carbons (Fsp3) is 1.00. The van der Waals surface area contributed by atoms with Crippen molar-refractivity contribution in [1.82, 2.24) is 5.32 Å². The number of rotatable bonds is 9. The topological polar surface area (TPSA) is 46.2 Å². The minimum Gasteiger partial charge on any atom is -0.313 e. The minimum atomic E-state index is -2.82. The highest BCUT2D eigenvalue weighted by Gasteiger charge is 2.09. The number of sulfone groups is 1. The summed E-state index contributed by atoms with van der Waals surface area (Å²) in [4.78, 5) is 0. The Morgan fingerprint density at radius 2 is 1.80 bits per heavy atom. The van der Waals surface area contributed by atoms with E-state index in [0.717, 1.165) is 25.7 Å². The van der Waals surface area contributed by atoms with Gasteiger partial charge in [-0.2, -0.15) is 0 Å². The Bertz CT molecular complexity index is 237. The number of nitrogens with one attached hydrogen (secondary N) is 1. The molecule has 0 bridgehead atoms. The normalized spacial score (nSPS) is 14.1. The van der Waals surface area contributed by atoms with E-state index in [1.807, 2.05) is 6.92 Å². The molecule has 1 atom stereocenters. The number of hydrogen-bond acceptors (Lipinski definition) is 3. The third-order valence-electron chi connectivity index (χ3n) is 2.44. The van der Waals surface area contributed by atoms with E-state index >= 15 is 0 Å². The van der Waals surface area contributed by atoms with Crippen LogP contribution in [0.15, 0.2) is 0 Å². The molecule has 0 aliphatic carbocycles. The van der Waals surface area contributed by atoms with Gasteiger partial charge >= 0.3 is 0 Å². The van der Waals surface area contributed by atoms with Gasteiger partial charge in [0, 0.05) is 12.6 Å². The Morgan fingerprint density at radius 1 is 1.13 bits per heavy atom. The summed E-state index contributed by atoms with van der Waals surface area (Å²) < 4.78 is 23.0. The van der Waals surface area contributed by atoms with E-state index in [1.54, 1.807) is 0 Å². The molecule has 0 heterocycles. The molecule has 92 valence electrons. The van der Waals surface area contributed by atoms with Crippen LogP contribution in [0.1, 0.15) is 46.5 Å². The first kappa shape index (κ1) is 14.9. The fourth-order valence-electron chi connectivity index (χ4n) is 1.46. The molecule has 0 aromatic heterocycles. The van der Waals surface area contributed by atoms with E-state index in [1.165, 1.54) is 0 Å². The monoisotopic (exact) mass is 235 g/mol. The van der Waals surface area contributed by atoms with Gasteiger partial charge in [0.1, 0.15) is 0 Å². The fourth-order valence-corrected chi connectivity index (χ4v) is 2.82. The molecule has 4 heteroatoms. The zero-order valence-electron chi connectivity index (χ0n) is 10.3. The Labute approximate surface area is 94.6 Å². The van der Waals surface area contributed by atoms with Crippen LogP contribution in [-0.2, 0) is 9.84 Å². The van der Waals surface area contributed by atoms with Gasteiger partial charge in [0.15, 0.2) is 9.84 Å². The summed E-state index contributed by atoms with van der Waals surface area (Å²) >= 11 is 0. The van der Waals surface area contributed by atoms with Crippen molar-refractivity contribution in [2.24, 2.45) is 0 Å². The Morgan fingerprint density at radius 3 is 2.33 bits per heavy atom. The molecular formula is C11H25NO2S. The van der Waals surface area contributed by atoms with Crippen LogP contribution in [0.4, 0.5) is 0 Å². The highest BCUT2D eigenvalue weighted by atomic mass is 32.2. The molecule has 0 aliphatic heterocycles. The summed E-state index contributed by atoms with van der Waals surface area (Å²) in [5, 5.41) is 3.24. The maximum Gasteiger partial charge on any atom is 0.151 e. The van der Waals surface area contributed by atoms with Gasteiger partial charge < -0.3 is 5.32 Å². The Balaban J connectivity index is 3.65. The third kappa shape index (κ3) is 8.88. The van der Waals surface area contributed by atoms with Gasteiger partial charge in [0.05, 0.1) is 11.5 Å². The predicted molar refractivity (Wildman–Crippen MR) is 65.9 cm³/mol. The van der Waals surface area contributed by atoms with Crippen LogP contribution in [0.25, 0.3) is 0 Å². The lowest BCUT2D eigenvalue weighted by Gasteiger charge is -2.12. The van der Waals surface area contributed by atoms with E-state index in [2.05, 4.69) is 19.2 Å². The second-order valence-electron chi connectivity index (χ2n) is 4.15. The predicted octanol–water partition coefficient (Wildman–Crippen LogP) is 1.98. The van der Waals surface area contributed by atoms with Crippen molar-refractivity contribution in [2.45, 2.75) is 52.5 Å². The van der Waals surface area contributed by atoms with Crippen molar-refractivity contribution >= 4 is 9.84 Å². The summed E-state index contributed by atoms with van der Waals surface area (Å²) in [5.74, 6) is 0.619. The molecule has 0 radical (unpaired) electrons. The smallest absolute Gasteiger partial charge is 0.151 e. The molecule has 0 aliphatic rings. The summed E-state index contributed by atoms with van der Waals surface area (Å²) in [7, 11) is -2.82. The molecule has 1 N–H and O–H groups in total. The first-order valence-corrected chi connectivity index (χ1v) is 7.77. The standard InChI is InChI=1S/C11H25NO2S/c1-4-6-9-15(13,14)10-8-12-11(3)7-5-2/h11-12H,4-10H2,1-3H3. The molecule has 0 rings (SSSR count). The zero-order chi connectivity index (χ0) is 11.7. The Kier molecular flexibility index (Phi) is 8.06. The van der Waals surface area contributed by atoms with E-state index in [9.17, 15) is 8.42 Å². The van der Waals surface area contributed by atoms with Crippen LogP contribution in [0.3, 0.4) is 0 Å². The Hall–Kier alpha value is -0.0900. The van der Waals surface area contributed by atoms with Crippen LogP contribution in [0, 0.1) is 0 Å². The van der Waals surface area contributed by atoms with Crippen molar-refractivity contribution in [1.29, 1.82) is 0 Å². The molecule has 0 amide bonds. The van der Waals surface area contributed by atoms with Crippen molar-refractivity contribution in [2.75, 3.05) is 18.1 Å². The van der Waals surface area contributed by atoms with Gasteiger partial charge in [-0.3, -0.25) is 0 Å². The molecular weight excluding hydrogens is 210 g/mol. The SMILES string of the molecule is CCCCS(=O)(=O)CCNC(C)CCC. The van der Waals surface area contributed by atoms with Gasteiger partial charge in [0.2, 0.25) is 0 Å². The highest BCUT2D eigenvalue weighted by Crippen LogP contribution is 1.98. The van der Waals surface area contributed by atoms with Gasteiger partial charge in [-0.1, -0.05) is 26.7 Å².